The van der Waals surface area contributed by atoms with Crippen molar-refractivity contribution in [2.75, 3.05) is 37.3 Å². The first-order valence-electron chi connectivity index (χ1n) is 8.38. The molecule has 1 N–H and O–H groups in total. The van der Waals surface area contributed by atoms with E-state index in [0.29, 0.717) is 29.0 Å². The summed E-state index contributed by atoms with van der Waals surface area (Å²) in [5.41, 5.74) is 1.27. The molecule has 0 spiro atoms. The van der Waals surface area contributed by atoms with Crippen molar-refractivity contribution in [3.8, 4) is 6.19 Å². The van der Waals surface area contributed by atoms with Gasteiger partial charge in [-0.1, -0.05) is 44.1 Å². The fourth-order valence-corrected chi connectivity index (χ4v) is 3.38. The zero-order valence-electron chi connectivity index (χ0n) is 15.5. The molecule has 1 aliphatic rings. The summed E-state index contributed by atoms with van der Waals surface area (Å²) in [6, 6.07) is 5.61. The van der Waals surface area contributed by atoms with Crippen LogP contribution < -0.4 is 10.2 Å². The average Bonchev–Trinajstić information content (AvgIpc) is 2.60. The molecule has 0 aromatic heterocycles. The molecule has 0 bridgehead atoms. The van der Waals surface area contributed by atoms with Crippen molar-refractivity contribution in [2.45, 2.75) is 20.8 Å². The van der Waals surface area contributed by atoms with Crippen molar-refractivity contribution < 1.29 is 4.79 Å². The lowest BCUT2D eigenvalue weighted by Crippen LogP contribution is -2.51. The smallest absolute Gasteiger partial charge is 0.228 e. The maximum absolute atomic E-state index is 12.4. The Morgan fingerprint density at radius 1 is 1.31 bits per heavy atom. The van der Waals surface area contributed by atoms with Gasteiger partial charge in [-0.2, -0.15) is 5.26 Å². The van der Waals surface area contributed by atoms with Gasteiger partial charge in [0, 0.05) is 31.6 Å². The molecule has 1 aromatic carbocycles. The second-order valence-electron chi connectivity index (χ2n) is 7.02. The van der Waals surface area contributed by atoms with Crippen molar-refractivity contribution in [1.82, 2.24) is 10.2 Å². The number of nitrogens with one attached hydrogen (secondary N) is 1. The Kier molecular flexibility index (Phi) is 6.79. The number of thioether (sulfide) groups is 1. The second kappa shape index (κ2) is 8.65. The third-order valence-electron chi connectivity index (χ3n) is 4.07. The lowest BCUT2D eigenvalue weighted by molar-refractivity contribution is -0.139. The van der Waals surface area contributed by atoms with Gasteiger partial charge in [0.05, 0.1) is 16.4 Å². The Morgan fingerprint density at radius 2 is 1.96 bits per heavy atom. The van der Waals surface area contributed by atoms with Gasteiger partial charge in [-0.3, -0.25) is 10.1 Å². The van der Waals surface area contributed by atoms with E-state index in [4.69, 9.17) is 16.9 Å². The molecule has 6 nitrogen and oxygen atoms in total. The molecule has 1 amide bonds. The number of nitriles is 1. The highest BCUT2D eigenvalue weighted by Crippen LogP contribution is 2.31. The first kappa shape index (κ1) is 20.4. The van der Waals surface area contributed by atoms with Crippen molar-refractivity contribution in [3.05, 3.63) is 23.2 Å². The molecular weight excluding hydrogens is 370 g/mol. The molecule has 1 fully saturated rings. The highest BCUT2D eigenvalue weighted by atomic mass is 35.5. The number of hydrogen-bond acceptors (Lipinski definition) is 5. The number of benzene rings is 1. The van der Waals surface area contributed by atoms with Gasteiger partial charge in [-0.05, 0) is 24.5 Å². The molecule has 1 saturated heterocycles. The Balaban J connectivity index is 2.07. The third-order valence-corrected chi connectivity index (χ3v) is 4.95. The molecule has 140 valence electrons. The molecule has 1 aliphatic heterocycles. The first-order chi connectivity index (χ1) is 12.3. The number of amidine groups is 1. The number of halogens is 1. The Bertz CT molecular complexity index is 730. The summed E-state index contributed by atoms with van der Waals surface area (Å²) in [4.78, 5) is 20.9. The second-order valence-corrected chi connectivity index (χ2v) is 8.22. The van der Waals surface area contributed by atoms with E-state index in [1.54, 1.807) is 6.07 Å². The molecule has 0 atom stereocenters. The standard InChI is InChI=1S/C18H24ClN5OS/c1-18(2,3)16(25)24-9-7-23(8-10-24)15-6-5-13(11-14(15)19)22-17(26-4)21-12-20/h5-6,11H,7-10H2,1-4H3,(H,21,22). The van der Waals surface area contributed by atoms with Crippen LogP contribution in [0, 0.1) is 16.9 Å². The highest BCUT2D eigenvalue weighted by molar-refractivity contribution is 8.13. The Labute approximate surface area is 164 Å². The van der Waals surface area contributed by atoms with Gasteiger partial charge < -0.3 is 9.80 Å². The molecule has 1 aromatic rings. The fraction of sp³-hybridized carbons (Fsp3) is 0.500. The van der Waals surface area contributed by atoms with E-state index in [2.05, 4.69) is 15.2 Å². The van der Waals surface area contributed by atoms with Crippen molar-refractivity contribution in [3.63, 3.8) is 0 Å². The minimum Gasteiger partial charge on any atom is -0.367 e. The fourth-order valence-electron chi connectivity index (χ4n) is 2.74. The summed E-state index contributed by atoms with van der Waals surface area (Å²) in [5, 5.41) is 12.4. The highest BCUT2D eigenvalue weighted by Gasteiger charge is 2.30. The van der Waals surface area contributed by atoms with Gasteiger partial charge in [0.1, 0.15) is 0 Å². The maximum Gasteiger partial charge on any atom is 0.228 e. The predicted octanol–water partition coefficient (Wildman–Crippen LogP) is 3.46. The Morgan fingerprint density at radius 3 is 2.46 bits per heavy atom. The van der Waals surface area contributed by atoms with Gasteiger partial charge in [0.25, 0.3) is 0 Å². The van der Waals surface area contributed by atoms with E-state index in [1.807, 2.05) is 50.3 Å². The third kappa shape index (κ3) is 5.05. The summed E-state index contributed by atoms with van der Waals surface area (Å²) < 4.78 is 0. The van der Waals surface area contributed by atoms with Gasteiger partial charge >= 0.3 is 0 Å². The van der Waals surface area contributed by atoms with Gasteiger partial charge in [0.2, 0.25) is 5.91 Å². The molecular formula is C18H24ClN5OS. The number of aliphatic imine (C=N–C) groups is 1. The zero-order valence-corrected chi connectivity index (χ0v) is 17.1. The van der Waals surface area contributed by atoms with E-state index in [-0.39, 0.29) is 11.3 Å². The number of amides is 1. The molecule has 0 unspecified atom stereocenters. The van der Waals surface area contributed by atoms with Crippen LogP contribution in [-0.4, -0.2) is 48.4 Å². The lowest BCUT2D eigenvalue weighted by Gasteiger charge is -2.39. The van der Waals surface area contributed by atoms with E-state index >= 15 is 0 Å². The zero-order chi connectivity index (χ0) is 19.3. The van der Waals surface area contributed by atoms with E-state index < -0.39 is 0 Å². The minimum absolute atomic E-state index is 0.183. The van der Waals surface area contributed by atoms with Gasteiger partial charge in [-0.25, -0.2) is 4.99 Å². The van der Waals surface area contributed by atoms with Crippen molar-refractivity contribution in [2.24, 2.45) is 10.4 Å². The number of carbonyl (C=O) groups is 1. The molecule has 26 heavy (non-hydrogen) atoms. The number of hydrogen-bond donors (Lipinski definition) is 1. The lowest BCUT2D eigenvalue weighted by atomic mass is 9.94. The van der Waals surface area contributed by atoms with Crippen LogP contribution in [0.2, 0.25) is 5.02 Å². The van der Waals surface area contributed by atoms with Crippen LogP contribution in [0.4, 0.5) is 11.4 Å². The van der Waals surface area contributed by atoms with E-state index in [1.165, 1.54) is 11.8 Å². The normalized spacial score (nSPS) is 15.6. The van der Waals surface area contributed by atoms with Gasteiger partial charge in [0.15, 0.2) is 11.4 Å². The number of piperazine rings is 1. The summed E-state index contributed by atoms with van der Waals surface area (Å²) >= 11 is 7.81. The van der Waals surface area contributed by atoms with Crippen LogP contribution >= 0.6 is 23.4 Å². The predicted molar refractivity (Wildman–Crippen MR) is 109 cm³/mol. The summed E-state index contributed by atoms with van der Waals surface area (Å²) in [6.07, 6.45) is 3.71. The molecule has 0 saturated carbocycles. The molecule has 8 heteroatoms. The van der Waals surface area contributed by atoms with Crippen LogP contribution in [0.5, 0.6) is 0 Å². The van der Waals surface area contributed by atoms with Crippen molar-refractivity contribution >= 4 is 45.8 Å². The average molecular weight is 394 g/mol. The van der Waals surface area contributed by atoms with Crippen LogP contribution in [-0.2, 0) is 4.79 Å². The maximum atomic E-state index is 12.4. The summed E-state index contributed by atoms with van der Waals surface area (Å²) in [7, 11) is 0. The minimum atomic E-state index is -0.355. The summed E-state index contributed by atoms with van der Waals surface area (Å²) in [5.74, 6) is 0.183. The van der Waals surface area contributed by atoms with E-state index in [9.17, 15) is 4.79 Å². The summed E-state index contributed by atoms with van der Waals surface area (Å²) in [6.45, 7) is 8.71. The molecule has 0 radical (unpaired) electrons. The van der Waals surface area contributed by atoms with Crippen LogP contribution in [0.1, 0.15) is 20.8 Å². The molecule has 0 aliphatic carbocycles. The van der Waals surface area contributed by atoms with Crippen LogP contribution in [0.25, 0.3) is 0 Å². The Hall–Kier alpha value is -1.91. The quantitative estimate of drug-likeness (QED) is 0.360. The van der Waals surface area contributed by atoms with Crippen LogP contribution in [0.3, 0.4) is 0 Å². The van der Waals surface area contributed by atoms with Crippen LogP contribution in [0.15, 0.2) is 23.2 Å². The molecule has 1 heterocycles. The first-order valence-corrected chi connectivity index (χ1v) is 9.98. The number of anilines is 1. The van der Waals surface area contributed by atoms with Gasteiger partial charge in [-0.15, -0.1) is 0 Å². The molecule has 2 rings (SSSR count). The number of rotatable bonds is 2. The largest absolute Gasteiger partial charge is 0.367 e. The van der Waals surface area contributed by atoms with E-state index in [0.717, 1.165) is 18.8 Å². The topological polar surface area (TPSA) is 71.7 Å². The number of carbonyl (C=O) groups excluding carboxylic acids is 1. The number of nitrogens with zero attached hydrogens (tertiary/aromatic N) is 4. The SMILES string of the molecule is CSC(=Nc1ccc(N2CCN(C(=O)C(C)(C)C)CC2)c(Cl)c1)NC#N. The monoisotopic (exact) mass is 393 g/mol. The van der Waals surface area contributed by atoms with Crippen molar-refractivity contribution in [1.29, 1.82) is 5.26 Å².